The Hall–Kier alpha value is -2.03. The van der Waals surface area contributed by atoms with Crippen LogP contribution in [0.1, 0.15) is 0 Å². The molecule has 19 heavy (non-hydrogen) atoms. The molecule has 0 saturated carbocycles. The van der Waals surface area contributed by atoms with E-state index in [1.807, 2.05) is 0 Å². The van der Waals surface area contributed by atoms with Crippen LogP contribution in [0.4, 0.5) is 19.0 Å². The van der Waals surface area contributed by atoms with E-state index in [0.29, 0.717) is 10.8 Å². The number of hydrogen-bond donors (Lipinski definition) is 1. The van der Waals surface area contributed by atoms with Crippen molar-refractivity contribution in [2.45, 2.75) is 5.51 Å². The second-order valence-corrected chi connectivity index (χ2v) is 5.10. The molecule has 0 aliphatic rings. The second-order valence-electron chi connectivity index (χ2n) is 3.56. The van der Waals surface area contributed by atoms with Crippen molar-refractivity contribution in [3.8, 4) is 5.75 Å². The maximum atomic E-state index is 12.2. The highest BCUT2D eigenvalue weighted by Gasteiger charge is 2.48. The van der Waals surface area contributed by atoms with Crippen LogP contribution in [0.15, 0.2) is 30.5 Å². The van der Waals surface area contributed by atoms with Crippen molar-refractivity contribution < 1.29 is 25.8 Å². The summed E-state index contributed by atoms with van der Waals surface area (Å²) in [6.07, 6.45) is 1.35. The number of alkyl halides is 3. The van der Waals surface area contributed by atoms with Gasteiger partial charge in [-0.15, -0.1) is 0 Å². The minimum atomic E-state index is -5.68. The number of fused-ring (bicyclic) bond motifs is 1. The van der Waals surface area contributed by atoms with E-state index in [9.17, 15) is 21.6 Å². The minimum absolute atomic E-state index is 0.183. The Morgan fingerprint density at radius 1 is 1.21 bits per heavy atom. The first-order valence-corrected chi connectivity index (χ1v) is 6.26. The Morgan fingerprint density at radius 2 is 1.89 bits per heavy atom. The van der Waals surface area contributed by atoms with Crippen LogP contribution in [0, 0.1) is 0 Å². The van der Waals surface area contributed by atoms with E-state index in [0.717, 1.165) is 12.1 Å². The molecule has 1 heterocycles. The molecule has 0 amide bonds. The highest BCUT2D eigenvalue weighted by Crippen LogP contribution is 2.29. The van der Waals surface area contributed by atoms with Gasteiger partial charge in [-0.25, -0.2) is 4.98 Å². The van der Waals surface area contributed by atoms with Crippen molar-refractivity contribution in [2.75, 3.05) is 5.73 Å². The lowest BCUT2D eigenvalue weighted by Gasteiger charge is -2.10. The maximum absolute atomic E-state index is 12.2. The van der Waals surface area contributed by atoms with Gasteiger partial charge in [0.2, 0.25) is 0 Å². The van der Waals surface area contributed by atoms with Gasteiger partial charge < -0.3 is 9.92 Å². The van der Waals surface area contributed by atoms with Gasteiger partial charge in [0, 0.05) is 11.6 Å². The quantitative estimate of drug-likeness (QED) is 0.676. The van der Waals surface area contributed by atoms with E-state index in [-0.39, 0.29) is 5.82 Å². The molecule has 0 saturated heterocycles. The van der Waals surface area contributed by atoms with E-state index in [1.54, 1.807) is 0 Å². The predicted molar refractivity (Wildman–Crippen MR) is 61.8 cm³/mol. The summed E-state index contributed by atoms with van der Waals surface area (Å²) in [5, 5.41) is 0.904. The van der Waals surface area contributed by atoms with Crippen molar-refractivity contribution >= 4 is 26.7 Å². The zero-order valence-electron chi connectivity index (χ0n) is 9.18. The van der Waals surface area contributed by atoms with Crippen LogP contribution in [0.25, 0.3) is 10.8 Å². The molecule has 5 nitrogen and oxygen atoms in total. The van der Waals surface area contributed by atoms with E-state index in [2.05, 4.69) is 9.17 Å². The molecule has 0 fully saturated rings. The molecule has 0 unspecified atom stereocenters. The summed E-state index contributed by atoms with van der Waals surface area (Å²) in [6.45, 7) is 0. The van der Waals surface area contributed by atoms with E-state index >= 15 is 0 Å². The maximum Gasteiger partial charge on any atom is 0.534 e. The number of halogens is 3. The number of aromatic nitrogens is 1. The van der Waals surface area contributed by atoms with Gasteiger partial charge in [-0.2, -0.15) is 21.6 Å². The average Bonchev–Trinajstić information content (AvgIpc) is 2.27. The molecule has 9 heteroatoms. The fourth-order valence-corrected chi connectivity index (χ4v) is 1.86. The number of nitrogens with two attached hydrogens (primary N) is 1. The zero-order chi connectivity index (χ0) is 14.3. The first-order chi connectivity index (χ1) is 8.71. The molecule has 1 aromatic heterocycles. The van der Waals surface area contributed by atoms with Gasteiger partial charge in [0.05, 0.1) is 0 Å². The first kappa shape index (κ1) is 13.4. The number of benzene rings is 1. The monoisotopic (exact) mass is 292 g/mol. The molecular formula is C10H7F3N2O3S. The summed E-state index contributed by atoms with van der Waals surface area (Å²) in [5.74, 6) is -0.266. The molecule has 0 atom stereocenters. The number of anilines is 1. The molecule has 102 valence electrons. The normalized spacial score (nSPS) is 12.6. The fraction of sp³-hybridized carbons (Fsp3) is 0.100. The summed E-state index contributed by atoms with van der Waals surface area (Å²) in [5.41, 5.74) is 0.0796. The summed E-state index contributed by atoms with van der Waals surface area (Å²) in [4.78, 5) is 3.79. The van der Waals surface area contributed by atoms with Crippen molar-refractivity contribution in [3.63, 3.8) is 0 Å². The molecule has 0 radical (unpaired) electrons. The van der Waals surface area contributed by atoms with Gasteiger partial charge in [0.1, 0.15) is 11.6 Å². The van der Waals surface area contributed by atoms with E-state index in [4.69, 9.17) is 5.73 Å². The zero-order valence-corrected chi connectivity index (χ0v) is 9.99. The van der Waals surface area contributed by atoms with E-state index in [1.165, 1.54) is 18.3 Å². The molecule has 2 aromatic rings. The van der Waals surface area contributed by atoms with Crippen LogP contribution in [-0.4, -0.2) is 18.9 Å². The van der Waals surface area contributed by atoms with Crippen LogP contribution in [0.2, 0.25) is 0 Å². The van der Waals surface area contributed by atoms with Gasteiger partial charge in [-0.05, 0) is 29.7 Å². The predicted octanol–water partition coefficient (Wildman–Crippen LogP) is 2.05. The van der Waals surface area contributed by atoms with Crippen LogP contribution >= 0.6 is 0 Å². The van der Waals surface area contributed by atoms with Crippen molar-refractivity contribution in [3.05, 3.63) is 30.5 Å². The number of nitrogens with zero attached hydrogens (tertiary/aromatic N) is 1. The lowest BCUT2D eigenvalue weighted by molar-refractivity contribution is -0.0500. The molecule has 0 spiro atoms. The standard InChI is InChI=1S/C10H7F3N2O3S/c11-10(12,13)19(16,17)18-7-1-2-8-6(5-7)3-4-15-9(8)14/h1-5H,(H2,14,15). The highest BCUT2D eigenvalue weighted by molar-refractivity contribution is 7.88. The Kier molecular flexibility index (Phi) is 3.01. The third kappa shape index (κ3) is 2.55. The van der Waals surface area contributed by atoms with Crippen molar-refractivity contribution in [1.82, 2.24) is 4.98 Å². The summed E-state index contributed by atoms with van der Waals surface area (Å²) < 4.78 is 62.1. The van der Waals surface area contributed by atoms with Crippen LogP contribution in [0.3, 0.4) is 0 Å². The third-order valence-corrected chi connectivity index (χ3v) is 3.23. The van der Waals surface area contributed by atoms with Gasteiger partial charge in [0.25, 0.3) is 0 Å². The Bertz CT molecular complexity index is 728. The van der Waals surface area contributed by atoms with Crippen LogP contribution in [-0.2, 0) is 10.1 Å². The SMILES string of the molecule is Nc1nccc2cc(OS(=O)(=O)C(F)(F)F)ccc12. The number of hydrogen-bond acceptors (Lipinski definition) is 5. The lowest BCUT2D eigenvalue weighted by Crippen LogP contribution is -2.28. The van der Waals surface area contributed by atoms with E-state index < -0.39 is 21.4 Å². The smallest absolute Gasteiger partial charge is 0.383 e. The minimum Gasteiger partial charge on any atom is -0.383 e. The second kappa shape index (κ2) is 4.26. The Balaban J connectivity index is 2.44. The van der Waals surface area contributed by atoms with Crippen molar-refractivity contribution in [1.29, 1.82) is 0 Å². The molecule has 0 aliphatic carbocycles. The topological polar surface area (TPSA) is 82.3 Å². The lowest BCUT2D eigenvalue weighted by atomic mass is 10.1. The molecule has 0 bridgehead atoms. The van der Waals surface area contributed by atoms with Crippen molar-refractivity contribution in [2.24, 2.45) is 0 Å². The van der Waals surface area contributed by atoms with Gasteiger partial charge in [-0.1, -0.05) is 0 Å². The van der Waals surface area contributed by atoms with Gasteiger partial charge in [-0.3, -0.25) is 0 Å². The summed E-state index contributed by atoms with van der Waals surface area (Å²) >= 11 is 0. The van der Waals surface area contributed by atoms with Gasteiger partial charge in [0.15, 0.2) is 0 Å². The van der Waals surface area contributed by atoms with Crippen LogP contribution in [0.5, 0.6) is 5.75 Å². The third-order valence-electron chi connectivity index (χ3n) is 2.26. The number of pyridine rings is 1. The average molecular weight is 292 g/mol. The molecule has 2 N–H and O–H groups in total. The summed E-state index contributed by atoms with van der Waals surface area (Å²) in [7, 11) is -5.68. The fourth-order valence-electron chi connectivity index (χ4n) is 1.41. The number of nitrogen functional groups attached to an aromatic ring is 1. The number of rotatable bonds is 2. The highest BCUT2D eigenvalue weighted by atomic mass is 32.2. The molecular weight excluding hydrogens is 285 g/mol. The molecule has 1 aromatic carbocycles. The largest absolute Gasteiger partial charge is 0.534 e. The Morgan fingerprint density at radius 3 is 2.53 bits per heavy atom. The van der Waals surface area contributed by atoms with Crippen LogP contribution < -0.4 is 9.92 Å². The van der Waals surface area contributed by atoms with Gasteiger partial charge >= 0.3 is 15.6 Å². The Labute approximate surface area is 105 Å². The summed E-state index contributed by atoms with van der Waals surface area (Å²) in [6, 6.07) is 5.01. The molecule has 0 aliphatic heterocycles. The molecule has 2 rings (SSSR count). The first-order valence-electron chi connectivity index (χ1n) is 4.86.